The smallest absolute Gasteiger partial charge is 0.287 e. The number of furan rings is 1. The average Bonchev–Trinajstić information content (AvgIpc) is 3.55. The van der Waals surface area contributed by atoms with Crippen LogP contribution in [0.2, 0.25) is 0 Å². The Morgan fingerprint density at radius 3 is 2.52 bits per heavy atom. The highest BCUT2D eigenvalue weighted by Gasteiger charge is 2.24. The molecule has 0 bridgehead atoms. The molecule has 0 saturated heterocycles. The van der Waals surface area contributed by atoms with E-state index in [9.17, 15) is 4.79 Å². The summed E-state index contributed by atoms with van der Waals surface area (Å²) in [4.78, 5) is 17.5. The van der Waals surface area contributed by atoms with Gasteiger partial charge in [0.05, 0.1) is 20.8 Å². The van der Waals surface area contributed by atoms with E-state index in [1.165, 1.54) is 0 Å². The maximum absolute atomic E-state index is 13.0. The minimum absolute atomic E-state index is 0.205. The monoisotopic (exact) mass is 421 g/mol. The molecule has 1 unspecified atom stereocenters. The van der Waals surface area contributed by atoms with E-state index in [1.807, 2.05) is 42.2 Å². The molecule has 160 valence electrons. The Balaban J connectivity index is 1.62. The zero-order chi connectivity index (χ0) is 21.8. The molecule has 0 radical (unpaired) electrons. The summed E-state index contributed by atoms with van der Waals surface area (Å²) in [6.45, 7) is 0.441. The molecule has 1 N–H and O–H groups in total. The highest BCUT2D eigenvalue weighted by atomic mass is 16.5. The van der Waals surface area contributed by atoms with E-state index < -0.39 is 6.04 Å². The molecule has 3 heterocycles. The molecule has 3 aromatic heterocycles. The van der Waals surface area contributed by atoms with Gasteiger partial charge in [-0.15, -0.1) is 0 Å². The molecule has 0 fully saturated rings. The molecule has 31 heavy (non-hydrogen) atoms. The first-order valence-electron chi connectivity index (χ1n) is 9.64. The molecule has 0 spiro atoms. The number of carbonyl (C=O) groups is 1. The van der Waals surface area contributed by atoms with Crippen molar-refractivity contribution in [3.63, 3.8) is 0 Å². The molecule has 1 aromatic carbocycles. The Hall–Kier alpha value is -4.01. The number of hydrogen-bond donors (Lipinski definition) is 1. The predicted molar refractivity (Wildman–Crippen MR) is 112 cm³/mol. The Morgan fingerprint density at radius 2 is 1.90 bits per heavy atom. The summed E-state index contributed by atoms with van der Waals surface area (Å²) in [7, 11) is 5.03. The first-order chi connectivity index (χ1) is 15.1. The van der Waals surface area contributed by atoms with Crippen molar-refractivity contribution in [3.05, 3.63) is 84.1 Å². The van der Waals surface area contributed by atoms with E-state index in [0.29, 0.717) is 29.6 Å². The van der Waals surface area contributed by atoms with E-state index in [-0.39, 0.29) is 11.7 Å². The van der Waals surface area contributed by atoms with Gasteiger partial charge in [0.2, 0.25) is 0 Å². The van der Waals surface area contributed by atoms with E-state index in [2.05, 4.69) is 15.4 Å². The van der Waals surface area contributed by atoms with Gasteiger partial charge in [-0.25, -0.2) is 4.98 Å². The molecule has 9 nitrogen and oxygen atoms in total. The summed E-state index contributed by atoms with van der Waals surface area (Å²) in [6, 6.07) is 10.2. The first-order valence-corrected chi connectivity index (χ1v) is 9.64. The molecule has 1 atom stereocenters. The Bertz CT molecular complexity index is 1140. The number of amides is 1. The van der Waals surface area contributed by atoms with Gasteiger partial charge in [-0.3, -0.25) is 9.48 Å². The Morgan fingerprint density at radius 1 is 1.13 bits per heavy atom. The molecular formula is C22H23N5O4. The lowest BCUT2D eigenvalue weighted by Gasteiger charge is -2.20. The van der Waals surface area contributed by atoms with Crippen LogP contribution in [0.4, 0.5) is 0 Å². The average molecular weight is 421 g/mol. The summed E-state index contributed by atoms with van der Waals surface area (Å²) in [5, 5.41) is 7.17. The van der Waals surface area contributed by atoms with Crippen LogP contribution in [0.5, 0.6) is 11.5 Å². The van der Waals surface area contributed by atoms with Crippen molar-refractivity contribution in [2.24, 2.45) is 7.05 Å². The van der Waals surface area contributed by atoms with Crippen LogP contribution in [0.3, 0.4) is 0 Å². The summed E-state index contributed by atoms with van der Waals surface area (Å²) in [5.74, 6) is 2.36. The second kappa shape index (κ2) is 8.78. The third kappa shape index (κ3) is 4.45. The minimum atomic E-state index is -0.545. The highest BCUT2D eigenvalue weighted by Crippen LogP contribution is 2.29. The number of aryl methyl sites for hydroxylation is 1. The second-order valence-corrected chi connectivity index (χ2v) is 6.92. The molecule has 4 rings (SSSR count). The molecular weight excluding hydrogens is 398 g/mol. The molecule has 0 saturated carbocycles. The van der Waals surface area contributed by atoms with Crippen molar-refractivity contribution in [2.45, 2.75) is 12.6 Å². The van der Waals surface area contributed by atoms with Gasteiger partial charge in [0.15, 0.2) is 5.76 Å². The van der Waals surface area contributed by atoms with Crippen molar-refractivity contribution >= 4 is 5.91 Å². The lowest BCUT2D eigenvalue weighted by Crippen LogP contribution is -2.31. The zero-order valence-corrected chi connectivity index (χ0v) is 17.5. The van der Waals surface area contributed by atoms with Gasteiger partial charge in [0.1, 0.15) is 29.1 Å². The van der Waals surface area contributed by atoms with Crippen LogP contribution in [0.15, 0.2) is 65.6 Å². The van der Waals surface area contributed by atoms with Gasteiger partial charge >= 0.3 is 0 Å². The standard InChI is InChI=1S/C22H23N5O4/c1-26-10-8-23-21(26)20(15-11-17(29-2)13-18(12-15)30-3)25-22(28)19-6-5-16(31-19)14-27-9-4-7-24-27/h4-13,20H,14H2,1-3H3,(H,25,28). The molecule has 4 aromatic rings. The van der Waals surface area contributed by atoms with E-state index >= 15 is 0 Å². The highest BCUT2D eigenvalue weighted by molar-refractivity contribution is 5.92. The fraction of sp³-hybridized carbons (Fsp3) is 0.227. The summed E-state index contributed by atoms with van der Waals surface area (Å²) in [6.07, 6.45) is 7.02. The molecule has 0 aliphatic carbocycles. The maximum atomic E-state index is 13.0. The fourth-order valence-corrected chi connectivity index (χ4v) is 3.29. The molecule has 9 heteroatoms. The third-order valence-electron chi connectivity index (χ3n) is 4.86. The Kier molecular flexibility index (Phi) is 5.74. The van der Waals surface area contributed by atoms with Crippen LogP contribution >= 0.6 is 0 Å². The van der Waals surface area contributed by atoms with Crippen LogP contribution in [-0.2, 0) is 13.6 Å². The van der Waals surface area contributed by atoms with Crippen LogP contribution in [0.1, 0.15) is 33.7 Å². The number of hydrogen-bond acceptors (Lipinski definition) is 6. The quantitative estimate of drug-likeness (QED) is 0.470. The molecule has 0 aliphatic rings. The van der Waals surface area contributed by atoms with Crippen molar-refractivity contribution in [2.75, 3.05) is 14.2 Å². The van der Waals surface area contributed by atoms with Crippen LogP contribution in [0, 0.1) is 0 Å². The van der Waals surface area contributed by atoms with Gasteiger partial charge in [-0.1, -0.05) is 0 Å². The Labute approximate surface area is 179 Å². The number of aromatic nitrogens is 4. The fourth-order valence-electron chi connectivity index (χ4n) is 3.29. The van der Waals surface area contributed by atoms with Gasteiger partial charge < -0.3 is 23.8 Å². The second-order valence-electron chi connectivity index (χ2n) is 6.92. The van der Waals surface area contributed by atoms with Crippen molar-refractivity contribution in [1.29, 1.82) is 0 Å². The largest absolute Gasteiger partial charge is 0.497 e. The minimum Gasteiger partial charge on any atom is -0.497 e. The first kappa shape index (κ1) is 20.3. The van der Waals surface area contributed by atoms with E-state index in [1.54, 1.807) is 49.5 Å². The lowest BCUT2D eigenvalue weighted by molar-refractivity contribution is 0.0911. The SMILES string of the molecule is COc1cc(OC)cc(C(NC(=O)c2ccc(Cn3cccn3)o2)c2nccn2C)c1. The molecule has 0 aliphatic heterocycles. The number of methoxy groups -OCH3 is 2. The number of benzene rings is 1. The van der Waals surface area contributed by atoms with Crippen LogP contribution in [0.25, 0.3) is 0 Å². The van der Waals surface area contributed by atoms with Crippen molar-refractivity contribution in [1.82, 2.24) is 24.6 Å². The summed E-state index contributed by atoms with van der Waals surface area (Å²) >= 11 is 0. The maximum Gasteiger partial charge on any atom is 0.287 e. The van der Waals surface area contributed by atoms with Gasteiger partial charge in [-0.2, -0.15) is 5.10 Å². The summed E-state index contributed by atoms with van der Waals surface area (Å²) in [5.41, 5.74) is 0.766. The van der Waals surface area contributed by atoms with Crippen molar-refractivity contribution in [3.8, 4) is 11.5 Å². The number of rotatable bonds is 8. The third-order valence-corrected chi connectivity index (χ3v) is 4.86. The van der Waals surface area contributed by atoms with Gasteiger partial charge in [0.25, 0.3) is 5.91 Å². The number of ether oxygens (including phenoxy) is 2. The normalized spacial score (nSPS) is 11.8. The van der Waals surface area contributed by atoms with Crippen LogP contribution < -0.4 is 14.8 Å². The van der Waals surface area contributed by atoms with Crippen LogP contribution in [-0.4, -0.2) is 39.5 Å². The van der Waals surface area contributed by atoms with E-state index in [0.717, 1.165) is 5.56 Å². The van der Waals surface area contributed by atoms with Gasteiger partial charge in [-0.05, 0) is 35.9 Å². The van der Waals surface area contributed by atoms with Crippen molar-refractivity contribution < 1.29 is 18.7 Å². The number of imidazole rings is 1. The number of nitrogens with one attached hydrogen (secondary N) is 1. The zero-order valence-electron chi connectivity index (χ0n) is 17.5. The number of nitrogens with zero attached hydrogens (tertiary/aromatic N) is 4. The van der Waals surface area contributed by atoms with E-state index in [4.69, 9.17) is 13.9 Å². The van der Waals surface area contributed by atoms with Gasteiger partial charge in [0, 0.05) is 37.9 Å². The topological polar surface area (TPSA) is 96.3 Å². The summed E-state index contributed by atoms with van der Waals surface area (Å²) < 4.78 is 20.1. The lowest BCUT2D eigenvalue weighted by atomic mass is 10.0. The predicted octanol–water partition coefficient (Wildman–Crippen LogP) is 2.79. The molecule has 1 amide bonds. The number of carbonyl (C=O) groups excluding carboxylic acids is 1.